The van der Waals surface area contributed by atoms with Crippen LogP contribution < -0.4 is 5.32 Å². The van der Waals surface area contributed by atoms with E-state index in [1.54, 1.807) is 0 Å². The standard InChI is InChI=1S/C16H24ClNO2/c1-12(2)9-16(19,15-11-18-7-8-20-15)10-13-5-3-4-6-14(13)17/h3-6,12,15,18-19H,7-11H2,1-2H3. The minimum atomic E-state index is -0.882. The molecule has 0 amide bonds. The van der Waals surface area contributed by atoms with Crippen LogP contribution in [0.5, 0.6) is 0 Å². The monoisotopic (exact) mass is 297 g/mol. The molecular formula is C16H24ClNO2. The number of hydrogen-bond acceptors (Lipinski definition) is 3. The van der Waals surface area contributed by atoms with Crippen LogP contribution in [0.1, 0.15) is 25.8 Å². The van der Waals surface area contributed by atoms with E-state index in [1.807, 2.05) is 24.3 Å². The normalized spacial score (nSPS) is 22.8. The van der Waals surface area contributed by atoms with Gasteiger partial charge in [0.1, 0.15) is 0 Å². The van der Waals surface area contributed by atoms with Gasteiger partial charge in [-0.2, -0.15) is 0 Å². The number of aliphatic hydroxyl groups is 1. The fraction of sp³-hybridized carbons (Fsp3) is 0.625. The van der Waals surface area contributed by atoms with E-state index in [0.717, 1.165) is 12.1 Å². The van der Waals surface area contributed by atoms with Gasteiger partial charge in [-0.3, -0.25) is 0 Å². The first-order valence-electron chi connectivity index (χ1n) is 7.29. The molecule has 2 atom stereocenters. The molecule has 112 valence electrons. The van der Waals surface area contributed by atoms with Crippen LogP contribution in [0.3, 0.4) is 0 Å². The lowest BCUT2D eigenvalue weighted by molar-refractivity contribution is -0.127. The summed E-state index contributed by atoms with van der Waals surface area (Å²) in [6.07, 6.45) is 1.04. The van der Waals surface area contributed by atoms with E-state index >= 15 is 0 Å². The Morgan fingerprint density at radius 1 is 1.45 bits per heavy atom. The number of hydrogen-bond donors (Lipinski definition) is 2. The molecule has 1 heterocycles. The molecule has 3 nitrogen and oxygen atoms in total. The summed E-state index contributed by atoms with van der Waals surface area (Å²) in [4.78, 5) is 0. The van der Waals surface area contributed by atoms with Crippen molar-refractivity contribution < 1.29 is 9.84 Å². The third kappa shape index (κ3) is 3.95. The summed E-state index contributed by atoms with van der Waals surface area (Å²) in [5.74, 6) is 0.396. The molecule has 20 heavy (non-hydrogen) atoms. The molecule has 0 aliphatic carbocycles. The van der Waals surface area contributed by atoms with Gasteiger partial charge in [0.2, 0.25) is 0 Å². The van der Waals surface area contributed by atoms with Crippen molar-refractivity contribution in [3.05, 3.63) is 34.9 Å². The smallest absolute Gasteiger partial charge is 0.0989 e. The number of ether oxygens (including phenoxy) is 1. The Bertz CT molecular complexity index is 432. The molecule has 2 unspecified atom stereocenters. The highest BCUT2D eigenvalue weighted by molar-refractivity contribution is 6.31. The van der Waals surface area contributed by atoms with Gasteiger partial charge in [-0.1, -0.05) is 43.6 Å². The van der Waals surface area contributed by atoms with E-state index in [4.69, 9.17) is 16.3 Å². The minimum Gasteiger partial charge on any atom is -0.387 e. The van der Waals surface area contributed by atoms with Gasteiger partial charge >= 0.3 is 0 Å². The number of halogens is 1. The van der Waals surface area contributed by atoms with Gasteiger partial charge in [-0.15, -0.1) is 0 Å². The van der Waals surface area contributed by atoms with Gasteiger partial charge in [0.25, 0.3) is 0 Å². The molecule has 0 radical (unpaired) electrons. The first-order valence-corrected chi connectivity index (χ1v) is 7.67. The summed E-state index contributed by atoms with van der Waals surface area (Å²) >= 11 is 6.24. The molecule has 0 bridgehead atoms. The largest absolute Gasteiger partial charge is 0.387 e. The molecule has 0 spiro atoms. The first kappa shape index (κ1) is 15.8. The average Bonchev–Trinajstić information content (AvgIpc) is 2.42. The highest BCUT2D eigenvalue weighted by atomic mass is 35.5. The van der Waals surface area contributed by atoms with E-state index in [9.17, 15) is 5.11 Å². The van der Waals surface area contributed by atoms with E-state index in [2.05, 4.69) is 19.2 Å². The summed E-state index contributed by atoms with van der Waals surface area (Å²) in [7, 11) is 0. The molecule has 1 aliphatic heterocycles. The van der Waals surface area contributed by atoms with Crippen molar-refractivity contribution in [2.45, 2.75) is 38.4 Å². The van der Waals surface area contributed by atoms with E-state index in [0.29, 0.717) is 36.9 Å². The average molecular weight is 298 g/mol. The van der Waals surface area contributed by atoms with Crippen LogP contribution in [0.4, 0.5) is 0 Å². The molecule has 4 heteroatoms. The lowest BCUT2D eigenvalue weighted by Crippen LogP contribution is -2.55. The molecule has 1 fully saturated rings. The van der Waals surface area contributed by atoms with Gasteiger partial charge in [0, 0.05) is 24.5 Å². The van der Waals surface area contributed by atoms with Crippen molar-refractivity contribution in [2.24, 2.45) is 5.92 Å². The number of nitrogens with one attached hydrogen (secondary N) is 1. The van der Waals surface area contributed by atoms with Crippen molar-refractivity contribution in [3.8, 4) is 0 Å². The van der Waals surface area contributed by atoms with E-state index < -0.39 is 5.60 Å². The summed E-state index contributed by atoms with van der Waals surface area (Å²) in [5, 5.41) is 15.2. The highest BCUT2D eigenvalue weighted by Crippen LogP contribution is 2.30. The Morgan fingerprint density at radius 2 is 2.20 bits per heavy atom. The van der Waals surface area contributed by atoms with Gasteiger partial charge in [0.15, 0.2) is 0 Å². The van der Waals surface area contributed by atoms with Crippen molar-refractivity contribution in [1.82, 2.24) is 5.32 Å². The third-order valence-electron chi connectivity index (χ3n) is 3.74. The third-order valence-corrected chi connectivity index (χ3v) is 4.11. The van der Waals surface area contributed by atoms with Crippen molar-refractivity contribution in [1.29, 1.82) is 0 Å². The SMILES string of the molecule is CC(C)CC(O)(Cc1ccccc1Cl)C1CNCCO1. The second kappa shape index (κ2) is 6.90. The Balaban J connectivity index is 2.19. The van der Waals surface area contributed by atoms with Gasteiger partial charge in [-0.25, -0.2) is 0 Å². The summed E-state index contributed by atoms with van der Waals surface area (Å²) in [5.41, 5.74) is 0.0959. The number of benzene rings is 1. The molecule has 0 aromatic heterocycles. The summed E-state index contributed by atoms with van der Waals surface area (Å²) < 4.78 is 5.80. The van der Waals surface area contributed by atoms with Crippen LogP contribution in [0.2, 0.25) is 5.02 Å². The zero-order valence-electron chi connectivity index (χ0n) is 12.2. The van der Waals surface area contributed by atoms with Crippen LogP contribution in [-0.4, -0.2) is 36.5 Å². The van der Waals surface area contributed by atoms with Crippen molar-refractivity contribution in [3.63, 3.8) is 0 Å². The quantitative estimate of drug-likeness (QED) is 0.878. The predicted molar refractivity (Wildman–Crippen MR) is 82.2 cm³/mol. The molecule has 1 aliphatic rings. The minimum absolute atomic E-state index is 0.185. The van der Waals surface area contributed by atoms with E-state index in [-0.39, 0.29) is 6.10 Å². The molecule has 0 saturated carbocycles. The Morgan fingerprint density at radius 3 is 2.80 bits per heavy atom. The first-order chi connectivity index (χ1) is 9.51. The van der Waals surface area contributed by atoms with Gasteiger partial charge in [-0.05, 0) is 24.0 Å². The molecule has 2 rings (SSSR count). The Hall–Kier alpha value is -0.610. The fourth-order valence-corrected chi connectivity index (χ4v) is 3.11. The molecule has 1 aromatic rings. The lowest BCUT2D eigenvalue weighted by atomic mass is 9.81. The number of rotatable bonds is 5. The molecule has 1 aromatic carbocycles. The number of morpholine rings is 1. The van der Waals surface area contributed by atoms with E-state index in [1.165, 1.54) is 0 Å². The fourth-order valence-electron chi connectivity index (χ4n) is 2.91. The van der Waals surface area contributed by atoms with Crippen LogP contribution in [0.25, 0.3) is 0 Å². The second-order valence-corrected chi connectivity index (χ2v) is 6.44. The Labute approximate surface area is 126 Å². The topological polar surface area (TPSA) is 41.5 Å². The Kier molecular flexibility index (Phi) is 5.44. The maximum absolute atomic E-state index is 11.2. The second-order valence-electron chi connectivity index (χ2n) is 6.03. The van der Waals surface area contributed by atoms with Crippen LogP contribution in [-0.2, 0) is 11.2 Å². The highest BCUT2D eigenvalue weighted by Gasteiger charge is 2.39. The summed E-state index contributed by atoms with van der Waals surface area (Å²) in [6, 6.07) is 7.71. The van der Waals surface area contributed by atoms with Crippen molar-refractivity contribution in [2.75, 3.05) is 19.7 Å². The zero-order valence-corrected chi connectivity index (χ0v) is 13.0. The van der Waals surface area contributed by atoms with Crippen molar-refractivity contribution >= 4 is 11.6 Å². The zero-order chi connectivity index (χ0) is 14.6. The van der Waals surface area contributed by atoms with Gasteiger partial charge in [0.05, 0.1) is 18.3 Å². The maximum atomic E-state index is 11.2. The van der Waals surface area contributed by atoms with Gasteiger partial charge < -0.3 is 15.2 Å². The molecular weight excluding hydrogens is 274 g/mol. The molecule has 2 N–H and O–H groups in total. The lowest BCUT2D eigenvalue weighted by Gasteiger charge is -2.40. The predicted octanol–water partition coefficient (Wildman–Crippen LogP) is 2.65. The summed E-state index contributed by atoms with van der Waals surface area (Å²) in [6.45, 7) is 6.42. The van der Waals surface area contributed by atoms with Crippen LogP contribution >= 0.6 is 11.6 Å². The van der Waals surface area contributed by atoms with Crippen LogP contribution in [0.15, 0.2) is 24.3 Å². The molecule has 1 saturated heterocycles. The van der Waals surface area contributed by atoms with Crippen LogP contribution in [0, 0.1) is 5.92 Å². The maximum Gasteiger partial charge on any atom is 0.0989 e.